The highest BCUT2D eigenvalue weighted by molar-refractivity contribution is 9.10. The van der Waals surface area contributed by atoms with Gasteiger partial charge in [-0.2, -0.15) is 0 Å². The summed E-state index contributed by atoms with van der Waals surface area (Å²) in [5.74, 6) is 1.05. The van der Waals surface area contributed by atoms with Crippen LogP contribution in [-0.4, -0.2) is 76.6 Å². The number of urea groups is 1. The summed E-state index contributed by atoms with van der Waals surface area (Å²) >= 11 is 5.25. The molecular weight excluding hydrogens is 556 g/mol. The number of halogens is 1. The van der Waals surface area contributed by atoms with E-state index in [-0.39, 0.29) is 11.9 Å². The van der Waals surface area contributed by atoms with Gasteiger partial charge in [0.2, 0.25) is 5.95 Å². The lowest BCUT2D eigenvalue weighted by Crippen LogP contribution is -2.46. The number of likely N-dealkylation sites (tertiary alicyclic amines) is 1. The molecule has 0 saturated carbocycles. The highest BCUT2D eigenvalue weighted by Crippen LogP contribution is 2.37. The first-order valence-electron chi connectivity index (χ1n) is 12.6. The number of amides is 3. The number of piperidine rings is 1. The van der Waals surface area contributed by atoms with Gasteiger partial charge in [-0.3, -0.25) is 15.0 Å². The zero-order valence-electron chi connectivity index (χ0n) is 21.1. The van der Waals surface area contributed by atoms with E-state index in [1.165, 1.54) is 37.3 Å². The quantitative estimate of drug-likeness (QED) is 0.350. The van der Waals surface area contributed by atoms with Crippen molar-refractivity contribution in [3.05, 3.63) is 34.9 Å². The molecule has 3 amide bonds. The van der Waals surface area contributed by atoms with Crippen molar-refractivity contribution in [1.82, 2.24) is 25.1 Å². The monoisotopic (exact) mass is 586 g/mol. The van der Waals surface area contributed by atoms with Crippen molar-refractivity contribution in [1.29, 1.82) is 0 Å². The summed E-state index contributed by atoms with van der Waals surface area (Å²) in [7, 11) is 0. The Kier molecular flexibility index (Phi) is 7.64. The molecule has 2 aromatic heterocycles. The number of aromatic nitrogens is 2. The van der Waals surface area contributed by atoms with Crippen LogP contribution < -0.4 is 15.4 Å². The molecule has 0 bridgehead atoms. The first-order chi connectivity index (χ1) is 17.8. The van der Waals surface area contributed by atoms with Gasteiger partial charge < -0.3 is 15.0 Å². The zero-order valence-corrected chi connectivity index (χ0v) is 23.5. The summed E-state index contributed by atoms with van der Waals surface area (Å²) in [6.07, 6.45) is 5.63. The van der Waals surface area contributed by atoms with Crippen LogP contribution in [0.3, 0.4) is 0 Å². The Labute approximate surface area is 228 Å². The summed E-state index contributed by atoms with van der Waals surface area (Å²) < 4.78 is 8.01. The van der Waals surface area contributed by atoms with E-state index < -0.39 is 5.54 Å². The van der Waals surface area contributed by atoms with Gasteiger partial charge in [-0.05, 0) is 85.4 Å². The average molecular weight is 588 g/mol. The summed E-state index contributed by atoms with van der Waals surface area (Å²) in [6, 6.07) is 7.95. The van der Waals surface area contributed by atoms with Gasteiger partial charge in [0.1, 0.15) is 23.6 Å². The molecule has 1 aromatic carbocycles. The van der Waals surface area contributed by atoms with Crippen molar-refractivity contribution in [2.45, 2.75) is 38.6 Å². The maximum Gasteiger partial charge on any atom is 0.325 e. The highest BCUT2D eigenvalue weighted by Gasteiger charge is 2.45. The minimum atomic E-state index is -0.877. The number of nitrogens with one attached hydrogen (secondary N) is 2. The summed E-state index contributed by atoms with van der Waals surface area (Å²) in [5.41, 5.74) is -0.0850. The number of thiophene rings is 1. The Morgan fingerprint density at radius 1 is 1.16 bits per heavy atom. The van der Waals surface area contributed by atoms with Crippen molar-refractivity contribution >= 4 is 55.2 Å². The van der Waals surface area contributed by atoms with Gasteiger partial charge in [0, 0.05) is 30.5 Å². The molecule has 196 valence electrons. The highest BCUT2D eigenvalue weighted by atomic mass is 79.9. The number of ether oxygens (including phenoxy) is 1. The molecule has 2 saturated heterocycles. The summed E-state index contributed by atoms with van der Waals surface area (Å²) in [4.78, 5) is 38.1. The van der Waals surface area contributed by atoms with Crippen LogP contribution in [0.5, 0.6) is 5.75 Å². The van der Waals surface area contributed by atoms with Crippen molar-refractivity contribution in [2.75, 3.05) is 44.6 Å². The van der Waals surface area contributed by atoms with Crippen LogP contribution in [0.1, 0.15) is 33.1 Å². The molecule has 0 aliphatic carbocycles. The summed E-state index contributed by atoms with van der Waals surface area (Å²) in [6.45, 7) is 8.23. The second kappa shape index (κ2) is 10.9. The van der Waals surface area contributed by atoms with E-state index in [2.05, 4.69) is 54.6 Å². The number of rotatable bonds is 9. The molecule has 4 heterocycles. The molecule has 5 rings (SSSR count). The van der Waals surface area contributed by atoms with Gasteiger partial charge in [-0.25, -0.2) is 14.8 Å². The second-order valence-electron chi connectivity index (χ2n) is 9.85. The molecule has 2 fully saturated rings. The van der Waals surface area contributed by atoms with Gasteiger partial charge in [-0.15, -0.1) is 11.3 Å². The Balaban J connectivity index is 1.23. The fourth-order valence-electron chi connectivity index (χ4n) is 4.68. The SMILES string of the molecule is CC1(C)C(=O)NC(=O)N1CCNc1ncc(Br)c(-c2cc3cc(OCCN4CCCCC4)ccc3s2)n1. The van der Waals surface area contributed by atoms with E-state index in [1.54, 1.807) is 31.4 Å². The van der Waals surface area contributed by atoms with Crippen LogP contribution in [0.15, 0.2) is 34.9 Å². The fraction of sp³-hybridized carbons (Fsp3) is 0.462. The number of anilines is 1. The van der Waals surface area contributed by atoms with E-state index >= 15 is 0 Å². The number of carbonyl (C=O) groups is 2. The molecule has 3 aromatic rings. The lowest BCUT2D eigenvalue weighted by molar-refractivity contribution is -0.125. The number of carbonyl (C=O) groups excluding carboxylic acids is 2. The number of hydrogen-bond acceptors (Lipinski definition) is 8. The van der Waals surface area contributed by atoms with Crippen LogP contribution in [0, 0.1) is 0 Å². The predicted octanol–water partition coefficient (Wildman–Crippen LogP) is 4.73. The fourth-order valence-corrected chi connectivity index (χ4v) is 6.27. The van der Waals surface area contributed by atoms with E-state index in [9.17, 15) is 9.59 Å². The normalized spacial score (nSPS) is 17.9. The van der Waals surface area contributed by atoms with E-state index in [4.69, 9.17) is 9.72 Å². The standard InChI is InChI=1S/C26H31BrN6O3S/c1-26(2)23(34)31-25(35)33(26)11-8-28-24-29-16-19(27)22(30-24)21-15-17-14-18(6-7-20(17)37-21)36-13-12-32-9-4-3-5-10-32/h6-7,14-16H,3-5,8-13H2,1-2H3,(H,28,29,30)(H,31,34,35). The molecule has 0 spiro atoms. The van der Waals surface area contributed by atoms with Crippen LogP contribution in [0.4, 0.5) is 10.7 Å². The topological polar surface area (TPSA) is 99.7 Å². The molecule has 9 nitrogen and oxygen atoms in total. The Morgan fingerprint density at radius 2 is 1.97 bits per heavy atom. The van der Waals surface area contributed by atoms with E-state index in [0.29, 0.717) is 25.6 Å². The Morgan fingerprint density at radius 3 is 2.73 bits per heavy atom. The maximum atomic E-state index is 12.1. The third-order valence-electron chi connectivity index (χ3n) is 6.90. The Hall–Kier alpha value is -2.76. The number of benzene rings is 1. The smallest absolute Gasteiger partial charge is 0.325 e. The minimum Gasteiger partial charge on any atom is -0.492 e. The molecular formula is C26H31BrN6O3S. The number of fused-ring (bicyclic) bond motifs is 1. The van der Waals surface area contributed by atoms with Gasteiger partial charge in [0.05, 0.1) is 9.35 Å². The van der Waals surface area contributed by atoms with Crippen molar-refractivity contribution in [2.24, 2.45) is 0 Å². The molecule has 2 aliphatic rings. The van der Waals surface area contributed by atoms with E-state index in [0.717, 1.165) is 37.4 Å². The van der Waals surface area contributed by atoms with Gasteiger partial charge in [-0.1, -0.05) is 6.42 Å². The maximum absolute atomic E-state index is 12.1. The largest absolute Gasteiger partial charge is 0.492 e. The average Bonchev–Trinajstić information content (AvgIpc) is 3.38. The van der Waals surface area contributed by atoms with E-state index in [1.807, 2.05) is 6.07 Å². The van der Waals surface area contributed by atoms with Gasteiger partial charge in [0.15, 0.2) is 0 Å². The molecule has 37 heavy (non-hydrogen) atoms. The number of hydrogen-bond donors (Lipinski definition) is 2. The van der Waals surface area contributed by atoms with Crippen LogP contribution in [0.25, 0.3) is 20.7 Å². The van der Waals surface area contributed by atoms with Crippen LogP contribution in [0.2, 0.25) is 0 Å². The third kappa shape index (κ3) is 5.73. The predicted molar refractivity (Wildman–Crippen MR) is 149 cm³/mol. The lowest BCUT2D eigenvalue weighted by atomic mass is 10.0. The second-order valence-corrected chi connectivity index (χ2v) is 11.8. The number of nitrogens with zero attached hydrogens (tertiary/aromatic N) is 4. The van der Waals surface area contributed by atoms with Crippen molar-refractivity contribution in [3.63, 3.8) is 0 Å². The van der Waals surface area contributed by atoms with Crippen molar-refractivity contribution < 1.29 is 14.3 Å². The zero-order chi connectivity index (χ0) is 26.0. The first kappa shape index (κ1) is 25.9. The summed E-state index contributed by atoms with van der Waals surface area (Å²) in [5, 5.41) is 6.65. The van der Waals surface area contributed by atoms with Crippen LogP contribution in [-0.2, 0) is 4.79 Å². The lowest BCUT2D eigenvalue weighted by Gasteiger charge is -2.27. The first-order valence-corrected chi connectivity index (χ1v) is 14.2. The molecule has 2 N–H and O–H groups in total. The molecule has 0 atom stereocenters. The molecule has 0 unspecified atom stereocenters. The third-order valence-corrected chi connectivity index (χ3v) is 8.61. The van der Waals surface area contributed by atoms with Crippen LogP contribution >= 0.6 is 27.3 Å². The van der Waals surface area contributed by atoms with Gasteiger partial charge in [0.25, 0.3) is 5.91 Å². The molecule has 11 heteroatoms. The molecule has 2 aliphatic heterocycles. The Bertz CT molecular complexity index is 1310. The van der Waals surface area contributed by atoms with Crippen molar-refractivity contribution in [3.8, 4) is 16.3 Å². The number of imide groups is 1. The van der Waals surface area contributed by atoms with Gasteiger partial charge >= 0.3 is 6.03 Å². The minimum absolute atomic E-state index is 0.292. The molecule has 0 radical (unpaired) electrons.